The molecule has 0 radical (unpaired) electrons. The standard InChI is InChI=1S/C22H27N3O3/c1-4-24(5-2)18-12-10-17(11-13-18)23-22(27)16-14-21(26)25(15-16)19-8-6-7-9-20(19)28-3/h6-13,16H,4-5,14-15H2,1-3H3,(H,23,27)/t16-/m1/s1. The van der Waals surface area contributed by atoms with Gasteiger partial charge in [-0.05, 0) is 50.2 Å². The molecular weight excluding hydrogens is 354 g/mol. The second kappa shape index (κ2) is 8.78. The minimum Gasteiger partial charge on any atom is -0.495 e. The van der Waals surface area contributed by atoms with E-state index in [4.69, 9.17) is 4.74 Å². The van der Waals surface area contributed by atoms with Gasteiger partial charge >= 0.3 is 0 Å². The van der Waals surface area contributed by atoms with Crippen LogP contribution in [0.5, 0.6) is 5.75 Å². The molecule has 1 heterocycles. The van der Waals surface area contributed by atoms with Crippen LogP contribution in [0.1, 0.15) is 20.3 Å². The normalized spacial score (nSPS) is 16.2. The maximum atomic E-state index is 12.7. The van der Waals surface area contributed by atoms with E-state index < -0.39 is 0 Å². The first-order valence-corrected chi connectivity index (χ1v) is 9.66. The smallest absolute Gasteiger partial charge is 0.229 e. The summed E-state index contributed by atoms with van der Waals surface area (Å²) in [5.41, 5.74) is 2.57. The summed E-state index contributed by atoms with van der Waals surface area (Å²) < 4.78 is 5.35. The Bertz CT molecular complexity index is 831. The Balaban J connectivity index is 1.66. The maximum Gasteiger partial charge on any atom is 0.229 e. The first kappa shape index (κ1) is 19.7. The predicted octanol–water partition coefficient (Wildman–Crippen LogP) is 3.53. The van der Waals surface area contributed by atoms with E-state index in [1.165, 1.54) is 0 Å². The number of carbonyl (C=O) groups excluding carboxylic acids is 2. The van der Waals surface area contributed by atoms with Gasteiger partial charge in [-0.1, -0.05) is 12.1 Å². The Hall–Kier alpha value is -3.02. The van der Waals surface area contributed by atoms with Crippen LogP contribution in [-0.2, 0) is 9.59 Å². The highest BCUT2D eigenvalue weighted by Crippen LogP contribution is 2.33. The fourth-order valence-electron chi connectivity index (χ4n) is 3.56. The first-order chi connectivity index (χ1) is 13.6. The lowest BCUT2D eigenvalue weighted by molar-refractivity contribution is -0.122. The van der Waals surface area contributed by atoms with E-state index in [1.807, 2.05) is 48.5 Å². The highest BCUT2D eigenvalue weighted by Gasteiger charge is 2.36. The first-order valence-electron chi connectivity index (χ1n) is 9.66. The molecule has 3 rings (SSSR count). The highest BCUT2D eigenvalue weighted by molar-refractivity contribution is 6.04. The van der Waals surface area contributed by atoms with Gasteiger partial charge in [0.15, 0.2) is 0 Å². The Kier molecular flexibility index (Phi) is 6.19. The number of hydrogen-bond donors (Lipinski definition) is 1. The van der Waals surface area contributed by atoms with Crippen LogP contribution in [0.4, 0.5) is 17.1 Å². The van der Waals surface area contributed by atoms with Gasteiger partial charge in [0.25, 0.3) is 0 Å². The van der Waals surface area contributed by atoms with E-state index in [1.54, 1.807) is 12.0 Å². The zero-order valence-corrected chi connectivity index (χ0v) is 16.6. The zero-order chi connectivity index (χ0) is 20.1. The van der Waals surface area contributed by atoms with Gasteiger partial charge in [-0.2, -0.15) is 0 Å². The van der Waals surface area contributed by atoms with Crippen LogP contribution in [-0.4, -0.2) is 38.6 Å². The molecule has 148 valence electrons. The molecular formula is C22H27N3O3. The highest BCUT2D eigenvalue weighted by atomic mass is 16.5. The number of para-hydroxylation sites is 2. The van der Waals surface area contributed by atoms with Gasteiger partial charge in [0, 0.05) is 37.4 Å². The lowest BCUT2D eigenvalue weighted by atomic mass is 10.1. The molecule has 6 heteroatoms. The van der Waals surface area contributed by atoms with Crippen LogP contribution in [0, 0.1) is 5.92 Å². The van der Waals surface area contributed by atoms with Gasteiger partial charge in [-0.3, -0.25) is 9.59 Å². The number of nitrogens with zero attached hydrogens (tertiary/aromatic N) is 2. The van der Waals surface area contributed by atoms with Crippen molar-refractivity contribution in [2.45, 2.75) is 20.3 Å². The molecule has 1 N–H and O–H groups in total. The van der Waals surface area contributed by atoms with Gasteiger partial charge in [-0.15, -0.1) is 0 Å². The molecule has 2 amide bonds. The van der Waals surface area contributed by atoms with Crippen molar-refractivity contribution in [1.29, 1.82) is 0 Å². The fraction of sp³-hybridized carbons (Fsp3) is 0.364. The summed E-state index contributed by atoms with van der Waals surface area (Å²) in [6, 6.07) is 15.2. The molecule has 0 spiro atoms. The second-order valence-corrected chi connectivity index (χ2v) is 6.79. The zero-order valence-electron chi connectivity index (χ0n) is 16.6. The quantitative estimate of drug-likeness (QED) is 0.797. The van der Waals surface area contributed by atoms with Crippen molar-refractivity contribution in [1.82, 2.24) is 0 Å². The van der Waals surface area contributed by atoms with Crippen LogP contribution >= 0.6 is 0 Å². The summed E-state index contributed by atoms with van der Waals surface area (Å²) in [5, 5.41) is 2.94. The van der Waals surface area contributed by atoms with E-state index in [9.17, 15) is 9.59 Å². The molecule has 28 heavy (non-hydrogen) atoms. The Morgan fingerprint density at radius 2 is 1.82 bits per heavy atom. The summed E-state index contributed by atoms with van der Waals surface area (Å²) in [6.45, 7) is 6.45. The lowest BCUT2D eigenvalue weighted by Crippen LogP contribution is -2.28. The van der Waals surface area contributed by atoms with Gasteiger partial charge in [0.1, 0.15) is 5.75 Å². The number of rotatable bonds is 7. The average molecular weight is 381 g/mol. The Morgan fingerprint density at radius 3 is 2.46 bits per heavy atom. The van der Waals surface area contributed by atoms with Crippen LogP contribution < -0.4 is 19.9 Å². The molecule has 0 saturated carbocycles. The second-order valence-electron chi connectivity index (χ2n) is 6.79. The number of ether oxygens (including phenoxy) is 1. The Morgan fingerprint density at radius 1 is 1.14 bits per heavy atom. The molecule has 0 bridgehead atoms. The van der Waals surface area contributed by atoms with Crippen molar-refractivity contribution >= 4 is 28.9 Å². The van der Waals surface area contributed by atoms with Crippen LogP contribution in [0.15, 0.2) is 48.5 Å². The van der Waals surface area contributed by atoms with Gasteiger partial charge in [0.2, 0.25) is 11.8 Å². The molecule has 0 unspecified atom stereocenters. The van der Waals surface area contributed by atoms with E-state index in [-0.39, 0.29) is 24.2 Å². The summed E-state index contributed by atoms with van der Waals surface area (Å²) in [7, 11) is 1.57. The minimum atomic E-state index is -0.389. The molecule has 1 aliphatic heterocycles. The minimum absolute atomic E-state index is 0.0680. The lowest BCUT2D eigenvalue weighted by Gasteiger charge is -2.21. The molecule has 1 saturated heterocycles. The van der Waals surface area contributed by atoms with Crippen molar-refractivity contribution in [2.24, 2.45) is 5.92 Å². The SMILES string of the molecule is CCN(CC)c1ccc(NC(=O)[C@@H]2CC(=O)N(c3ccccc3OC)C2)cc1. The number of amides is 2. The van der Waals surface area contributed by atoms with Crippen molar-refractivity contribution < 1.29 is 14.3 Å². The van der Waals surface area contributed by atoms with Crippen LogP contribution in [0.2, 0.25) is 0 Å². The monoisotopic (exact) mass is 381 g/mol. The third kappa shape index (κ3) is 4.11. The van der Waals surface area contributed by atoms with E-state index in [0.717, 1.165) is 24.5 Å². The van der Waals surface area contributed by atoms with Crippen LogP contribution in [0.25, 0.3) is 0 Å². The largest absolute Gasteiger partial charge is 0.495 e. The van der Waals surface area contributed by atoms with Crippen molar-refractivity contribution in [3.05, 3.63) is 48.5 Å². The average Bonchev–Trinajstić information content (AvgIpc) is 3.11. The fourth-order valence-corrected chi connectivity index (χ4v) is 3.56. The van der Waals surface area contributed by atoms with Gasteiger partial charge in [-0.25, -0.2) is 0 Å². The molecule has 0 aromatic heterocycles. The molecule has 1 aliphatic rings. The van der Waals surface area contributed by atoms with E-state index >= 15 is 0 Å². The molecule has 1 fully saturated rings. The number of anilines is 3. The molecule has 0 aliphatic carbocycles. The summed E-state index contributed by atoms with van der Waals surface area (Å²) >= 11 is 0. The van der Waals surface area contributed by atoms with Crippen molar-refractivity contribution in [3.63, 3.8) is 0 Å². The summed E-state index contributed by atoms with van der Waals surface area (Å²) in [6.07, 6.45) is 0.196. The number of hydrogen-bond acceptors (Lipinski definition) is 4. The third-order valence-corrected chi connectivity index (χ3v) is 5.14. The van der Waals surface area contributed by atoms with Crippen molar-refractivity contribution in [3.8, 4) is 5.75 Å². The number of carbonyl (C=O) groups is 2. The van der Waals surface area contributed by atoms with Gasteiger partial charge in [0.05, 0.1) is 18.7 Å². The number of methoxy groups -OCH3 is 1. The number of benzene rings is 2. The van der Waals surface area contributed by atoms with Crippen molar-refractivity contribution in [2.75, 3.05) is 41.9 Å². The maximum absolute atomic E-state index is 12.7. The van der Waals surface area contributed by atoms with E-state index in [2.05, 4.69) is 24.1 Å². The third-order valence-electron chi connectivity index (χ3n) is 5.14. The topological polar surface area (TPSA) is 61.9 Å². The van der Waals surface area contributed by atoms with Crippen LogP contribution in [0.3, 0.4) is 0 Å². The summed E-state index contributed by atoms with van der Waals surface area (Å²) in [4.78, 5) is 29.0. The molecule has 2 aromatic rings. The predicted molar refractivity (Wildman–Crippen MR) is 112 cm³/mol. The molecule has 6 nitrogen and oxygen atoms in total. The molecule has 1 atom stereocenters. The van der Waals surface area contributed by atoms with Gasteiger partial charge < -0.3 is 19.9 Å². The Labute approximate surface area is 166 Å². The summed E-state index contributed by atoms with van der Waals surface area (Å²) in [5.74, 6) is 0.0339. The number of nitrogens with one attached hydrogen (secondary N) is 1. The van der Waals surface area contributed by atoms with E-state index in [0.29, 0.717) is 18.0 Å². The molecule has 2 aromatic carbocycles.